The molecule has 29 heavy (non-hydrogen) atoms. The lowest BCUT2D eigenvalue weighted by Crippen LogP contribution is -2.47. The second-order valence-electron chi connectivity index (χ2n) is 7.30. The monoisotopic (exact) mass is 391 g/mol. The number of carbonyl (C=O) groups is 2. The van der Waals surface area contributed by atoms with Gasteiger partial charge in [-0.05, 0) is 37.2 Å². The number of amides is 2. The zero-order chi connectivity index (χ0) is 20.4. The van der Waals surface area contributed by atoms with E-state index < -0.39 is 0 Å². The number of hydrogen-bond donors (Lipinski definition) is 1. The number of aromatic nitrogens is 2. The van der Waals surface area contributed by atoms with Gasteiger partial charge in [0.15, 0.2) is 5.69 Å². The summed E-state index contributed by atoms with van der Waals surface area (Å²) in [6, 6.07) is 13.2. The fourth-order valence-electron chi connectivity index (χ4n) is 3.64. The molecule has 0 aliphatic carbocycles. The Balaban J connectivity index is 1.67. The Morgan fingerprint density at radius 2 is 1.76 bits per heavy atom. The van der Waals surface area contributed by atoms with Gasteiger partial charge in [0.2, 0.25) is 5.82 Å². The molecule has 7 nitrogen and oxygen atoms in total. The van der Waals surface area contributed by atoms with Gasteiger partial charge in [0, 0.05) is 38.1 Å². The molecule has 3 heterocycles. The average molecular weight is 391 g/mol. The first-order valence-electron chi connectivity index (χ1n) is 9.92. The maximum absolute atomic E-state index is 13.1. The number of rotatable bonds is 4. The van der Waals surface area contributed by atoms with Crippen molar-refractivity contribution in [3.8, 4) is 0 Å². The van der Waals surface area contributed by atoms with Crippen LogP contribution in [0.3, 0.4) is 0 Å². The maximum Gasteiger partial charge on any atom is 0.292 e. The molecule has 0 bridgehead atoms. The Hall–Kier alpha value is -3.19. The van der Waals surface area contributed by atoms with Gasteiger partial charge in [-0.15, -0.1) is 0 Å². The van der Waals surface area contributed by atoms with Crippen molar-refractivity contribution in [3.05, 3.63) is 65.7 Å². The van der Waals surface area contributed by atoms with Crippen LogP contribution in [0.15, 0.2) is 48.7 Å². The molecular formula is C22H25N5O2. The first-order valence-corrected chi connectivity index (χ1v) is 9.92. The molecule has 1 N–H and O–H groups in total. The van der Waals surface area contributed by atoms with Gasteiger partial charge < -0.3 is 15.1 Å². The second kappa shape index (κ2) is 8.05. The maximum atomic E-state index is 13.1. The largest absolute Gasteiger partial charge is 0.335 e. The summed E-state index contributed by atoms with van der Waals surface area (Å²) >= 11 is 0. The van der Waals surface area contributed by atoms with Gasteiger partial charge in [-0.25, -0.2) is 4.98 Å². The number of pyridine rings is 1. The van der Waals surface area contributed by atoms with E-state index in [0.717, 1.165) is 30.8 Å². The Morgan fingerprint density at radius 3 is 2.52 bits per heavy atom. The van der Waals surface area contributed by atoms with Gasteiger partial charge in [0.25, 0.3) is 11.8 Å². The molecule has 7 heteroatoms. The van der Waals surface area contributed by atoms with Crippen LogP contribution in [0.4, 0.5) is 5.69 Å². The second-order valence-corrected chi connectivity index (χ2v) is 7.30. The van der Waals surface area contributed by atoms with E-state index in [4.69, 9.17) is 0 Å². The summed E-state index contributed by atoms with van der Waals surface area (Å²) < 4.78 is 1.69. The predicted molar refractivity (Wildman–Crippen MR) is 112 cm³/mol. The summed E-state index contributed by atoms with van der Waals surface area (Å²) in [6.07, 6.45) is 2.58. The molecule has 1 aliphatic heterocycles. The molecule has 0 saturated carbocycles. The number of anilines is 1. The zero-order valence-electron chi connectivity index (χ0n) is 16.8. The Kier molecular flexibility index (Phi) is 5.31. The van der Waals surface area contributed by atoms with Crippen LogP contribution in [0.25, 0.3) is 5.52 Å². The zero-order valence-corrected chi connectivity index (χ0v) is 16.8. The number of likely N-dealkylation sites (N-methyl/N-ethyl adjacent to an activating group) is 1. The van der Waals surface area contributed by atoms with E-state index in [0.29, 0.717) is 24.3 Å². The molecule has 2 amide bonds. The quantitative estimate of drug-likeness (QED) is 0.742. The van der Waals surface area contributed by atoms with Crippen LogP contribution in [0.1, 0.15) is 33.6 Å². The van der Waals surface area contributed by atoms with E-state index in [2.05, 4.69) is 15.2 Å². The lowest BCUT2D eigenvalue weighted by molar-refractivity contribution is 0.0661. The van der Waals surface area contributed by atoms with Crippen LogP contribution in [0.2, 0.25) is 0 Å². The van der Waals surface area contributed by atoms with Crippen LogP contribution in [0, 0.1) is 0 Å². The highest BCUT2D eigenvalue weighted by atomic mass is 16.2. The average Bonchev–Trinajstić information content (AvgIpc) is 3.14. The summed E-state index contributed by atoms with van der Waals surface area (Å²) in [6.45, 7) is 5.03. The van der Waals surface area contributed by atoms with Crippen molar-refractivity contribution in [2.45, 2.75) is 13.3 Å². The number of imidazole rings is 1. The minimum Gasteiger partial charge on any atom is -0.335 e. The number of para-hydroxylation sites is 1. The summed E-state index contributed by atoms with van der Waals surface area (Å²) in [7, 11) is 2.05. The summed E-state index contributed by atoms with van der Waals surface area (Å²) in [5, 5.41) is 2.95. The van der Waals surface area contributed by atoms with E-state index in [9.17, 15) is 9.59 Å². The molecule has 1 aliphatic rings. The fourth-order valence-corrected chi connectivity index (χ4v) is 3.64. The number of hydrogen-bond acceptors (Lipinski definition) is 4. The van der Waals surface area contributed by atoms with Gasteiger partial charge >= 0.3 is 0 Å². The van der Waals surface area contributed by atoms with E-state index in [1.165, 1.54) is 0 Å². The molecule has 1 saturated heterocycles. The summed E-state index contributed by atoms with van der Waals surface area (Å²) in [5.41, 5.74) is 2.78. The molecule has 0 radical (unpaired) electrons. The van der Waals surface area contributed by atoms with Crippen molar-refractivity contribution in [3.63, 3.8) is 0 Å². The van der Waals surface area contributed by atoms with Crippen LogP contribution in [-0.4, -0.2) is 64.2 Å². The highest BCUT2D eigenvalue weighted by molar-refractivity contribution is 6.06. The molecule has 2 aromatic heterocycles. The van der Waals surface area contributed by atoms with Crippen molar-refractivity contribution in [1.29, 1.82) is 0 Å². The van der Waals surface area contributed by atoms with Crippen molar-refractivity contribution in [1.82, 2.24) is 19.2 Å². The Bertz CT molecular complexity index is 1050. The van der Waals surface area contributed by atoms with Crippen LogP contribution < -0.4 is 5.32 Å². The molecular weight excluding hydrogens is 366 g/mol. The number of benzene rings is 1. The van der Waals surface area contributed by atoms with Gasteiger partial charge in [-0.3, -0.25) is 14.0 Å². The molecule has 1 aromatic carbocycles. The highest BCUT2D eigenvalue weighted by Crippen LogP contribution is 2.20. The van der Waals surface area contributed by atoms with Gasteiger partial charge in [0.05, 0.1) is 5.52 Å². The molecule has 150 valence electrons. The normalized spacial score (nSPS) is 14.9. The van der Waals surface area contributed by atoms with Crippen molar-refractivity contribution >= 4 is 23.0 Å². The molecule has 0 spiro atoms. The third kappa shape index (κ3) is 3.73. The van der Waals surface area contributed by atoms with Crippen molar-refractivity contribution in [2.24, 2.45) is 0 Å². The lowest BCUT2D eigenvalue weighted by Gasteiger charge is -2.32. The van der Waals surface area contributed by atoms with E-state index in [1.54, 1.807) is 10.6 Å². The molecule has 0 atom stereocenters. The number of aryl methyl sites for hydroxylation is 1. The number of nitrogens with one attached hydrogen (secondary N) is 1. The number of nitrogens with zero attached hydrogens (tertiary/aromatic N) is 4. The third-order valence-corrected chi connectivity index (χ3v) is 5.39. The lowest BCUT2D eigenvalue weighted by atomic mass is 10.1. The molecule has 0 unspecified atom stereocenters. The topological polar surface area (TPSA) is 70.0 Å². The van der Waals surface area contributed by atoms with Gasteiger partial charge in [0.1, 0.15) is 0 Å². The number of fused-ring (bicyclic) bond motifs is 1. The Labute approximate surface area is 169 Å². The molecule has 3 aromatic rings. The summed E-state index contributed by atoms with van der Waals surface area (Å²) in [4.78, 5) is 34.6. The SMILES string of the molecule is CCc1ccccc1NC(=O)c1nc(C(=O)N2CCN(C)CC2)c2ccccn12. The van der Waals surface area contributed by atoms with Crippen LogP contribution >= 0.6 is 0 Å². The van der Waals surface area contributed by atoms with Crippen molar-refractivity contribution < 1.29 is 9.59 Å². The first kappa shape index (κ1) is 19.1. The van der Waals surface area contributed by atoms with E-state index >= 15 is 0 Å². The summed E-state index contributed by atoms with van der Waals surface area (Å²) in [5.74, 6) is -0.247. The third-order valence-electron chi connectivity index (χ3n) is 5.39. The molecule has 4 rings (SSSR count). The van der Waals surface area contributed by atoms with E-state index in [1.807, 2.05) is 61.3 Å². The van der Waals surface area contributed by atoms with Crippen LogP contribution in [0.5, 0.6) is 0 Å². The van der Waals surface area contributed by atoms with Gasteiger partial charge in [-0.2, -0.15) is 0 Å². The standard InChI is InChI=1S/C22H25N5O2/c1-3-16-8-4-5-9-17(16)23-21(28)20-24-19(18-10-6-7-11-27(18)20)22(29)26-14-12-25(2)13-15-26/h4-11H,3,12-15H2,1-2H3,(H,23,28). The predicted octanol–water partition coefficient (Wildman–Crippen LogP) is 2.54. The number of piperazine rings is 1. The minimum atomic E-state index is -0.329. The number of carbonyl (C=O) groups excluding carboxylic acids is 2. The molecule has 1 fully saturated rings. The van der Waals surface area contributed by atoms with Crippen LogP contribution in [-0.2, 0) is 6.42 Å². The fraction of sp³-hybridized carbons (Fsp3) is 0.318. The first-order chi connectivity index (χ1) is 14.1. The van der Waals surface area contributed by atoms with Crippen molar-refractivity contribution in [2.75, 3.05) is 38.5 Å². The van der Waals surface area contributed by atoms with E-state index in [-0.39, 0.29) is 17.6 Å². The minimum absolute atomic E-state index is 0.130. The Morgan fingerprint density at radius 1 is 1.03 bits per heavy atom. The smallest absolute Gasteiger partial charge is 0.292 e. The van der Waals surface area contributed by atoms with Gasteiger partial charge in [-0.1, -0.05) is 31.2 Å². The highest BCUT2D eigenvalue weighted by Gasteiger charge is 2.27.